The van der Waals surface area contributed by atoms with Gasteiger partial charge in [0.15, 0.2) is 0 Å². The summed E-state index contributed by atoms with van der Waals surface area (Å²) in [5.74, 6) is 4.06. The van der Waals surface area contributed by atoms with Gasteiger partial charge in [-0.05, 0) is 125 Å². The summed E-state index contributed by atoms with van der Waals surface area (Å²) in [6.45, 7) is 13.7. The van der Waals surface area contributed by atoms with Gasteiger partial charge in [0.05, 0.1) is 11.2 Å². The minimum atomic E-state index is -0.536. The van der Waals surface area contributed by atoms with Crippen LogP contribution in [0.15, 0.2) is 11.6 Å². The summed E-state index contributed by atoms with van der Waals surface area (Å²) in [5.41, 5.74) is 1.42. The van der Waals surface area contributed by atoms with E-state index >= 15 is 0 Å². The van der Waals surface area contributed by atoms with Gasteiger partial charge >= 0.3 is 0 Å². The summed E-state index contributed by atoms with van der Waals surface area (Å²) in [6.07, 6.45) is 15.4. The van der Waals surface area contributed by atoms with Crippen molar-refractivity contribution >= 4 is 0 Å². The highest BCUT2D eigenvalue weighted by atomic mass is 16.3. The molecule has 0 saturated heterocycles. The molecule has 2 N–H and O–H groups in total. The Balaban J connectivity index is 1.52. The molecule has 2 heteroatoms. The van der Waals surface area contributed by atoms with E-state index in [1.54, 1.807) is 5.57 Å². The first-order valence-electron chi connectivity index (χ1n) is 13.1. The average Bonchev–Trinajstić information content (AvgIpc) is 3.03. The minimum absolute atomic E-state index is 0.330. The number of aliphatic hydroxyl groups is 2. The van der Waals surface area contributed by atoms with Gasteiger partial charge in [-0.2, -0.15) is 0 Å². The number of allylic oxidation sites excluding steroid dienone is 1. The van der Waals surface area contributed by atoms with Crippen LogP contribution in [-0.2, 0) is 0 Å². The van der Waals surface area contributed by atoms with Crippen molar-refractivity contribution in [2.75, 3.05) is 0 Å². The molecule has 3 saturated carbocycles. The van der Waals surface area contributed by atoms with Crippen molar-refractivity contribution in [3.05, 3.63) is 11.6 Å². The molecule has 0 radical (unpaired) electrons. The zero-order valence-electron chi connectivity index (χ0n) is 20.6. The molecule has 4 aliphatic carbocycles. The first-order valence-corrected chi connectivity index (χ1v) is 13.1. The van der Waals surface area contributed by atoms with Crippen molar-refractivity contribution in [1.29, 1.82) is 0 Å². The van der Waals surface area contributed by atoms with Gasteiger partial charge in [0.2, 0.25) is 0 Å². The Morgan fingerprint density at radius 3 is 2.50 bits per heavy atom. The van der Waals surface area contributed by atoms with E-state index in [1.807, 2.05) is 13.8 Å². The zero-order valence-corrected chi connectivity index (χ0v) is 20.6. The third kappa shape index (κ3) is 3.72. The van der Waals surface area contributed by atoms with Crippen molar-refractivity contribution in [2.24, 2.45) is 40.4 Å². The first-order chi connectivity index (χ1) is 13.9. The van der Waals surface area contributed by atoms with Crippen LogP contribution in [0.25, 0.3) is 0 Å². The quantitative estimate of drug-likeness (QED) is 0.479. The molecule has 30 heavy (non-hydrogen) atoms. The zero-order chi connectivity index (χ0) is 21.9. The smallest absolute Gasteiger partial charge is 0.0682 e. The van der Waals surface area contributed by atoms with Crippen molar-refractivity contribution < 1.29 is 10.2 Å². The fraction of sp³-hybridized carbons (Fsp3) is 0.929. The van der Waals surface area contributed by atoms with Crippen molar-refractivity contribution in [3.63, 3.8) is 0 Å². The van der Waals surface area contributed by atoms with Gasteiger partial charge in [0.1, 0.15) is 0 Å². The number of hydrogen-bond acceptors (Lipinski definition) is 2. The van der Waals surface area contributed by atoms with Crippen LogP contribution in [0, 0.1) is 40.4 Å². The Morgan fingerprint density at radius 2 is 1.83 bits per heavy atom. The van der Waals surface area contributed by atoms with Gasteiger partial charge in [-0.1, -0.05) is 39.3 Å². The lowest BCUT2D eigenvalue weighted by Gasteiger charge is -2.59. The molecular formula is C28H48O2. The molecule has 0 spiro atoms. The summed E-state index contributed by atoms with van der Waals surface area (Å²) in [4.78, 5) is 0. The summed E-state index contributed by atoms with van der Waals surface area (Å²) in [6, 6.07) is 0. The Labute approximate surface area is 185 Å². The van der Waals surface area contributed by atoms with E-state index in [1.165, 1.54) is 38.5 Å². The Bertz CT molecular complexity index is 675. The van der Waals surface area contributed by atoms with E-state index in [4.69, 9.17) is 0 Å². The maximum atomic E-state index is 11.0. The lowest BCUT2D eigenvalue weighted by atomic mass is 9.46. The van der Waals surface area contributed by atoms with Crippen LogP contribution in [0.1, 0.15) is 112 Å². The van der Waals surface area contributed by atoms with Crippen LogP contribution in [0.2, 0.25) is 0 Å². The van der Waals surface area contributed by atoms with E-state index in [2.05, 4.69) is 33.8 Å². The molecule has 0 bridgehead atoms. The van der Waals surface area contributed by atoms with Crippen molar-refractivity contribution in [1.82, 2.24) is 0 Å². The lowest BCUT2D eigenvalue weighted by molar-refractivity contribution is -0.0761. The molecule has 3 fully saturated rings. The molecule has 172 valence electrons. The molecule has 0 amide bonds. The second-order valence-electron chi connectivity index (χ2n) is 13.1. The van der Waals surface area contributed by atoms with Crippen LogP contribution in [0.3, 0.4) is 0 Å². The van der Waals surface area contributed by atoms with Crippen LogP contribution in [0.5, 0.6) is 0 Å². The standard InChI is InChI=1S/C28H48O2/c1-7-28(30)17-16-26(5)20(18-28)8-9-21-23-11-10-22(19(2)12-14-25(3,4)29)27(23,6)15-13-24(21)26/h8,19,21-24,29-30H,7,9-18H2,1-6H3/t19-,21?,22-,23?,24?,26+,27-,28+/m1/s1. The molecule has 4 aliphatic rings. The highest BCUT2D eigenvalue weighted by molar-refractivity contribution is 5.27. The Hall–Kier alpha value is -0.340. The van der Waals surface area contributed by atoms with Gasteiger partial charge in [-0.25, -0.2) is 0 Å². The molecule has 2 nitrogen and oxygen atoms in total. The summed E-state index contributed by atoms with van der Waals surface area (Å²) in [7, 11) is 0. The van der Waals surface area contributed by atoms with Crippen molar-refractivity contribution in [2.45, 2.75) is 123 Å². The molecular weight excluding hydrogens is 368 g/mol. The molecule has 4 rings (SSSR count). The molecule has 0 aromatic carbocycles. The molecule has 0 aromatic rings. The van der Waals surface area contributed by atoms with E-state index in [0.717, 1.165) is 55.8 Å². The molecule has 8 atom stereocenters. The van der Waals surface area contributed by atoms with Crippen LogP contribution in [-0.4, -0.2) is 21.4 Å². The summed E-state index contributed by atoms with van der Waals surface area (Å²) < 4.78 is 0. The highest BCUT2D eigenvalue weighted by Crippen LogP contribution is 2.67. The molecule has 0 heterocycles. The molecule has 0 aromatic heterocycles. The number of rotatable bonds is 5. The minimum Gasteiger partial charge on any atom is -0.390 e. The Kier molecular flexibility index (Phi) is 5.80. The van der Waals surface area contributed by atoms with Crippen molar-refractivity contribution in [3.8, 4) is 0 Å². The number of hydrogen-bond donors (Lipinski definition) is 2. The monoisotopic (exact) mass is 416 g/mol. The molecule has 0 aliphatic heterocycles. The second kappa shape index (κ2) is 7.62. The van der Waals surface area contributed by atoms with Gasteiger partial charge in [-0.15, -0.1) is 0 Å². The predicted molar refractivity (Wildman–Crippen MR) is 125 cm³/mol. The third-order valence-electron chi connectivity index (χ3n) is 10.9. The second-order valence-corrected chi connectivity index (χ2v) is 13.1. The SMILES string of the molecule is CC[C@]1(O)CC[C@@]2(C)C(=CCC3C2CC[C@@]2(C)C3CC[C@@H]2[C@H](C)CCC(C)(C)O)C1. The van der Waals surface area contributed by atoms with Gasteiger partial charge in [0.25, 0.3) is 0 Å². The van der Waals surface area contributed by atoms with E-state index < -0.39 is 11.2 Å². The van der Waals surface area contributed by atoms with E-state index in [9.17, 15) is 10.2 Å². The van der Waals surface area contributed by atoms with Gasteiger partial charge < -0.3 is 10.2 Å². The number of fused-ring (bicyclic) bond motifs is 5. The third-order valence-corrected chi connectivity index (χ3v) is 10.9. The summed E-state index contributed by atoms with van der Waals surface area (Å²) in [5, 5.41) is 21.2. The van der Waals surface area contributed by atoms with Crippen LogP contribution < -0.4 is 0 Å². The lowest BCUT2D eigenvalue weighted by Crippen LogP contribution is -2.52. The van der Waals surface area contributed by atoms with E-state index in [0.29, 0.717) is 16.7 Å². The maximum Gasteiger partial charge on any atom is 0.0682 e. The average molecular weight is 417 g/mol. The largest absolute Gasteiger partial charge is 0.390 e. The fourth-order valence-electron chi connectivity index (χ4n) is 8.77. The topological polar surface area (TPSA) is 40.5 Å². The molecule has 3 unspecified atom stereocenters. The van der Waals surface area contributed by atoms with Crippen LogP contribution >= 0.6 is 0 Å². The maximum absolute atomic E-state index is 11.0. The van der Waals surface area contributed by atoms with Crippen LogP contribution in [0.4, 0.5) is 0 Å². The Morgan fingerprint density at radius 1 is 1.10 bits per heavy atom. The highest BCUT2D eigenvalue weighted by Gasteiger charge is 2.59. The predicted octanol–water partition coefficient (Wildman–Crippen LogP) is 6.89. The normalized spacial score (nSPS) is 47.1. The first kappa shape index (κ1) is 22.8. The summed E-state index contributed by atoms with van der Waals surface area (Å²) >= 11 is 0. The van der Waals surface area contributed by atoms with Gasteiger partial charge in [-0.3, -0.25) is 0 Å². The van der Waals surface area contributed by atoms with E-state index in [-0.39, 0.29) is 0 Å². The fourth-order valence-corrected chi connectivity index (χ4v) is 8.77. The van der Waals surface area contributed by atoms with Gasteiger partial charge in [0, 0.05) is 0 Å².